The van der Waals surface area contributed by atoms with E-state index in [0.717, 1.165) is 23.9 Å². The van der Waals surface area contributed by atoms with Crippen molar-refractivity contribution in [3.8, 4) is 0 Å². The quantitative estimate of drug-likeness (QED) is 0.427. The summed E-state index contributed by atoms with van der Waals surface area (Å²) in [6.07, 6.45) is 11.5. The van der Waals surface area contributed by atoms with E-state index in [1.54, 1.807) is 0 Å². The molecule has 0 aliphatic rings. The molecule has 0 aliphatic heterocycles. The van der Waals surface area contributed by atoms with E-state index in [2.05, 4.69) is 28.1 Å². The van der Waals surface area contributed by atoms with E-state index in [-0.39, 0.29) is 6.61 Å². The van der Waals surface area contributed by atoms with Crippen molar-refractivity contribution < 1.29 is 19.5 Å². The molecular formula is C17H38NO3+. The summed E-state index contributed by atoms with van der Waals surface area (Å²) in [6.45, 7) is 3.34. The lowest BCUT2D eigenvalue weighted by Crippen LogP contribution is -2.36. The summed E-state index contributed by atoms with van der Waals surface area (Å²) in [5.74, 6) is -0.659. The number of aliphatic hydroxyl groups excluding tert-OH is 1. The van der Waals surface area contributed by atoms with Gasteiger partial charge in [0, 0.05) is 6.42 Å². The minimum atomic E-state index is -0.659. The standard InChI is InChI=1S/C12H24O2.C5H14NO/c1-2-3-4-5-6-7-8-9-10-11-12(13)14;1-6(2,3)4-5-7/h2-11H2,1H3,(H,13,14);7H,4-5H2,1-3H3/q;+1. The molecule has 0 aromatic heterocycles. The molecule has 0 aromatic carbocycles. The van der Waals surface area contributed by atoms with Crippen molar-refractivity contribution in [2.24, 2.45) is 0 Å². The number of likely N-dealkylation sites (N-methyl/N-ethyl adjacent to an activating group) is 1. The van der Waals surface area contributed by atoms with Crippen LogP contribution < -0.4 is 0 Å². The number of carbonyl (C=O) groups is 1. The maximum Gasteiger partial charge on any atom is 0.303 e. The fourth-order valence-corrected chi connectivity index (χ4v) is 1.89. The van der Waals surface area contributed by atoms with Crippen LogP contribution in [0.1, 0.15) is 71.1 Å². The van der Waals surface area contributed by atoms with Crippen LogP contribution in [-0.4, -0.2) is 55.0 Å². The van der Waals surface area contributed by atoms with E-state index in [0.29, 0.717) is 6.42 Å². The van der Waals surface area contributed by atoms with Crippen LogP contribution in [0.15, 0.2) is 0 Å². The van der Waals surface area contributed by atoms with Gasteiger partial charge >= 0.3 is 5.97 Å². The van der Waals surface area contributed by atoms with Crippen LogP contribution >= 0.6 is 0 Å². The van der Waals surface area contributed by atoms with Gasteiger partial charge in [-0.3, -0.25) is 4.79 Å². The average molecular weight is 304 g/mol. The molecule has 4 nitrogen and oxygen atoms in total. The van der Waals surface area contributed by atoms with E-state index in [1.807, 2.05) is 0 Å². The van der Waals surface area contributed by atoms with E-state index >= 15 is 0 Å². The molecule has 0 aromatic rings. The highest BCUT2D eigenvalue weighted by molar-refractivity contribution is 5.66. The predicted molar refractivity (Wildman–Crippen MR) is 89.5 cm³/mol. The molecule has 0 spiro atoms. The lowest BCUT2D eigenvalue weighted by molar-refractivity contribution is -0.870. The van der Waals surface area contributed by atoms with Crippen LogP contribution in [-0.2, 0) is 4.79 Å². The predicted octanol–water partition coefficient (Wildman–Crippen LogP) is 3.68. The number of hydrogen-bond acceptors (Lipinski definition) is 2. The molecular weight excluding hydrogens is 266 g/mol. The van der Waals surface area contributed by atoms with Crippen LogP contribution in [0.5, 0.6) is 0 Å². The molecule has 0 atom stereocenters. The lowest BCUT2D eigenvalue weighted by atomic mass is 10.1. The zero-order valence-electron chi connectivity index (χ0n) is 14.7. The summed E-state index contributed by atoms with van der Waals surface area (Å²) in [5.41, 5.74) is 0. The molecule has 4 heteroatoms. The van der Waals surface area contributed by atoms with Crippen molar-refractivity contribution in [2.75, 3.05) is 34.3 Å². The Kier molecular flexibility index (Phi) is 17.0. The van der Waals surface area contributed by atoms with Crippen LogP contribution in [0.4, 0.5) is 0 Å². The number of aliphatic carboxylic acids is 1. The molecule has 0 bridgehead atoms. The van der Waals surface area contributed by atoms with Gasteiger partial charge in [-0.15, -0.1) is 0 Å². The molecule has 0 aliphatic carbocycles. The minimum absolute atomic E-state index is 0.281. The molecule has 0 rings (SSSR count). The normalized spacial score (nSPS) is 10.9. The van der Waals surface area contributed by atoms with Crippen molar-refractivity contribution in [3.63, 3.8) is 0 Å². The summed E-state index contributed by atoms with van der Waals surface area (Å²) < 4.78 is 0.844. The Morgan fingerprint density at radius 3 is 1.57 bits per heavy atom. The third kappa shape index (κ3) is 28.3. The highest BCUT2D eigenvalue weighted by atomic mass is 16.4. The second-order valence-electron chi connectivity index (χ2n) is 6.71. The van der Waals surface area contributed by atoms with Crippen molar-refractivity contribution in [1.82, 2.24) is 0 Å². The largest absolute Gasteiger partial charge is 0.481 e. The Morgan fingerprint density at radius 1 is 0.857 bits per heavy atom. The SMILES string of the molecule is CCCCCCCCCCCC(=O)O.C[N+](C)(C)CCO. The summed E-state index contributed by atoms with van der Waals surface area (Å²) in [6, 6.07) is 0. The fraction of sp³-hybridized carbons (Fsp3) is 0.941. The first-order valence-corrected chi connectivity index (χ1v) is 8.46. The van der Waals surface area contributed by atoms with Gasteiger partial charge in [-0.2, -0.15) is 0 Å². The number of carboxylic acids is 1. The number of hydrogen-bond donors (Lipinski definition) is 2. The van der Waals surface area contributed by atoms with Crippen LogP contribution in [0.2, 0.25) is 0 Å². The van der Waals surface area contributed by atoms with Crippen molar-refractivity contribution in [2.45, 2.75) is 71.1 Å². The Balaban J connectivity index is 0. The Morgan fingerprint density at radius 2 is 1.29 bits per heavy atom. The summed E-state index contributed by atoms with van der Waals surface area (Å²) in [7, 11) is 6.16. The summed E-state index contributed by atoms with van der Waals surface area (Å²) in [4.78, 5) is 10.2. The third-order valence-electron chi connectivity index (χ3n) is 3.27. The maximum absolute atomic E-state index is 10.2. The third-order valence-corrected chi connectivity index (χ3v) is 3.27. The first kappa shape index (κ1) is 22.7. The van der Waals surface area contributed by atoms with Gasteiger partial charge in [0.15, 0.2) is 0 Å². The number of carboxylic acid groups (broad SMARTS) is 1. The number of aliphatic hydroxyl groups is 1. The first-order valence-electron chi connectivity index (χ1n) is 8.46. The topological polar surface area (TPSA) is 57.5 Å². The van der Waals surface area contributed by atoms with Crippen LogP contribution in [0.3, 0.4) is 0 Å². The molecule has 0 unspecified atom stereocenters. The molecule has 0 saturated heterocycles. The fourth-order valence-electron chi connectivity index (χ4n) is 1.89. The molecule has 21 heavy (non-hydrogen) atoms. The zero-order valence-corrected chi connectivity index (χ0v) is 14.7. The molecule has 128 valence electrons. The Bertz CT molecular complexity index is 225. The van der Waals surface area contributed by atoms with Gasteiger partial charge in [0.2, 0.25) is 0 Å². The van der Waals surface area contributed by atoms with Gasteiger partial charge in [0.05, 0.1) is 27.7 Å². The van der Waals surface area contributed by atoms with Gasteiger partial charge in [-0.05, 0) is 6.42 Å². The van der Waals surface area contributed by atoms with Gasteiger partial charge in [0.1, 0.15) is 6.54 Å². The molecule has 0 heterocycles. The zero-order chi connectivity index (χ0) is 16.6. The van der Waals surface area contributed by atoms with Crippen molar-refractivity contribution >= 4 is 5.97 Å². The van der Waals surface area contributed by atoms with Gasteiger partial charge in [-0.1, -0.05) is 58.3 Å². The minimum Gasteiger partial charge on any atom is -0.481 e. The monoisotopic (exact) mass is 304 g/mol. The number of unbranched alkanes of at least 4 members (excludes halogenated alkanes) is 8. The first-order chi connectivity index (χ1) is 9.83. The molecule has 0 amide bonds. The molecule has 2 N–H and O–H groups in total. The number of nitrogens with zero attached hydrogens (tertiary/aromatic N) is 1. The summed E-state index contributed by atoms with van der Waals surface area (Å²) in [5, 5.41) is 16.8. The van der Waals surface area contributed by atoms with E-state index in [9.17, 15) is 4.79 Å². The Labute approximate surface area is 131 Å². The van der Waals surface area contributed by atoms with E-state index in [4.69, 9.17) is 10.2 Å². The smallest absolute Gasteiger partial charge is 0.303 e. The van der Waals surface area contributed by atoms with E-state index < -0.39 is 5.97 Å². The Hall–Kier alpha value is -0.610. The highest BCUT2D eigenvalue weighted by Crippen LogP contribution is 2.10. The maximum atomic E-state index is 10.2. The van der Waals surface area contributed by atoms with Crippen LogP contribution in [0, 0.1) is 0 Å². The molecule has 0 radical (unpaired) electrons. The number of rotatable bonds is 12. The molecule has 0 saturated carbocycles. The lowest BCUT2D eigenvalue weighted by Gasteiger charge is -2.21. The molecule has 0 fully saturated rings. The van der Waals surface area contributed by atoms with E-state index in [1.165, 1.54) is 44.9 Å². The second kappa shape index (κ2) is 15.8. The van der Waals surface area contributed by atoms with Gasteiger partial charge in [0.25, 0.3) is 0 Å². The number of quaternary nitrogens is 1. The summed E-state index contributed by atoms with van der Waals surface area (Å²) >= 11 is 0. The van der Waals surface area contributed by atoms with Crippen molar-refractivity contribution in [1.29, 1.82) is 0 Å². The second-order valence-corrected chi connectivity index (χ2v) is 6.71. The van der Waals surface area contributed by atoms with Crippen LogP contribution in [0.25, 0.3) is 0 Å². The van der Waals surface area contributed by atoms with Gasteiger partial charge < -0.3 is 14.7 Å². The highest BCUT2D eigenvalue weighted by Gasteiger charge is 2.02. The van der Waals surface area contributed by atoms with Gasteiger partial charge in [-0.25, -0.2) is 0 Å². The average Bonchev–Trinajstić information content (AvgIpc) is 2.36. The van der Waals surface area contributed by atoms with Crippen molar-refractivity contribution in [3.05, 3.63) is 0 Å².